The first-order valence-corrected chi connectivity index (χ1v) is 12.5. The summed E-state index contributed by atoms with van der Waals surface area (Å²) >= 11 is 10.7. The third kappa shape index (κ3) is 4.74. The van der Waals surface area contributed by atoms with Crippen LogP contribution in [0.15, 0.2) is 28.7 Å². The van der Waals surface area contributed by atoms with Crippen LogP contribution >= 0.6 is 39.5 Å². The van der Waals surface area contributed by atoms with E-state index in [4.69, 9.17) is 17.0 Å². The molecule has 3 aromatic rings. The smallest absolute Gasteiger partial charge is 0.341 e. The maximum absolute atomic E-state index is 12.5. The number of carbonyl (C=O) groups is 1. The molecule has 0 spiro atoms. The Bertz CT molecular complexity index is 1170. The summed E-state index contributed by atoms with van der Waals surface area (Å²) in [7, 11) is 1.42. The molecule has 6 nitrogen and oxygen atoms in total. The van der Waals surface area contributed by atoms with Crippen molar-refractivity contribution in [3.63, 3.8) is 0 Å². The van der Waals surface area contributed by atoms with Gasteiger partial charge in [-0.05, 0) is 75.0 Å². The zero-order valence-corrected chi connectivity index (χ0v) is 21.5. The molecule has 9 heteroatoms. The number of aromatic nitrogens is 2. The Hall–Kier alpha value is -2.23. The standard InChI is InChI=1S/C23H25BrN4O2S2/c1-13-20(14(2)28(27-13)12-15-8-10-16(24)11-9-15)25-23(31)26-21-19(22(29)30-3)17-6-4-5-7-18(17)32-21/h8-11H,4-7,12H2,1-3H3,(H2,25,26,31). The molecule has 168 valence electrons. The van der Waals surface area contributed by atoms with Crippen molar-refractivity contribution in [1.29, 1.82) is 0 Å². The summed E-state index contributed by atoms with van der Waals surface area (Å²) in [6, 6.07) is 8.21. The molecular weight excluding hydrogens is 508 g/mol. The molecule has 1 aliphatic carbocycles. The molecule has 0 bridgehead atoms. The lowest BCUT2D eigenvalue weighted by atomic mass is 9.95. The summed E-state index contributed by atoms with van der Waals surface area (Å²) in [4.78, 5) is 13.7. The molecule has 4 rings (SSSR count). The lowest BCUT2D eigenvalue weighted by Gasteiger charge is -2.13. The SMILES string of the molecule is COC(=O)c1c(NC(=S)Nc2c(C)nn(Cc3ccc(Br)cc3)c2C)sc2c1CCCC2. The monoisotopic (exact) mass is 532 g/mol. The lowest BCUT2D eigenvalue weighted by molar-refractivity contribution is 0.0601. The number of benzene rings is 1. The van der Waals surface area contributed by atoms with Gasteiger partial charge in [-0.25, -0.2) is 4.79 Å². The van der Waals surface area contributed by atoms with Gasteiger partial charge in [-0.15, -0.1) is 11.3 Å². The summed E-state index contributed by atoms with van der Waals surface area (Å²) in [5.41, 5.74) is 5.62. The van der Waals surface area contributed by atoms with Crippen LogP contribution in [0, 0.1) is 13.8 Å². The van der Waals surface area contributed by atoms with Crippen molar-refractivity contribution in [2.45, 2.75) is 46.1 Å². The second kappa shape index (κ2) is 9.72. The van der Waals surface area contributed by atoms with Crippen LogP contribution in [0.3, 0.4) is 0 Å². The first-order chi connectivity index (χ1) is 15.4. The van der Waals surface area contributed by atoms with Crippen LogP contribution in [0.2, 0.25) is 0 Å². The van der Waals surface area contributed by atoms with Gasteiger partial charge in [0.25, 0.3) is 0 Å². The molecule has 1 aromatic carbocycles. The zero-order chi connectivity index (χ0) is 22.8. The highest BCUT2D eigenvalue weighted by molar-refractivity contribution is 9.10. The van der Waals surface area contributed by atoms with Crippen molar-refractivity contribution in [1.82, 2.24) is 9.78 Å². The first-order valence-electron chi connectivity index (χ1n) is 10.5. The molecule has 2 aromatic heterocycles. The molecular formula is C23H25BrN4O2S2. The Morgan fingerprint density at radius 1 is 1.22 bits per heavy atom. The summed E-state index contributed by atoms with van der Waals surface area (Å²) < 4.78 is 8.07. The quantitative estimate of drug-likeness (QED) is 0.317. The Labute approximate surface area is 205 Å². The number of carbonyl (C=O) groups excluding carboxylic acids is 1. The molecule has 2 N–H and O–H groups in total. The average Bonchev–Trinajstić information content (AvgIpc) is 3.26. The number of ether oxygens (including phenoxy) is 1. The number of aryl methyl sites for hydroxylation is 2. The van der Waals surface area contributed by atoms with Gasteiger partial charge >= 0.3 is 5.97 Å². The van der Waals surface area contributed by atoms with Crippen LogP contribution in [0.1, 0.15) is 50.6 Å². The zero-order valence-electron chi connectivity index (χ0n) is 18.3. The normalized spacial score (nSPS) is 12.9. The molecule has 0 saturated carbocycles. The van der Waals surface area contributed by atoms with E-state index < -0.39 is 0 Å². The van der Waals surface area contributed by atoms with E-state index in [1.54, 1.807) is 11.3 Å². The number of nitrogens with one attached hydrogen (secondary N) is 2. The lowest BCUT2D eigenvalue weighted by Crippen LogP contribution is -2.21. The van der Waals surface area contributed by atoms with Crippen LogP contribution in [0.4, 0.5) is 10.7 Å². The van der Waals surface area contributed by atoms with Gasteiger partial charge in [0.15, 0.2) is 5.11 Å². The second-order valence-electron chi connectivity index (χ2n) is 7.82. The number of hydrogen-bond donors (Lipinski definition) is 2. The largest absolute Gasteiger partial charge is 0.465 e. The number of esters is 1. The fourth-order valence-corrected chi connectivity index (χ4v) is 5.83. The highest BCUT2D eigenvalue weighted by atomic mass is 79.9. The number of thiophene rings is 1. The number of hydrogen-bond acceptors (Lipinski definition) is 5. The van der Waals surface area contributed by atoms with E-state index >= 15 is 0 Å². The van der Waals surface area contributed by atoms with Crippen LogP contribution in [0.25, 0.3) is 0 Å². The van der Waals surface area contributed by atoms with Crippen molar-refractivity contribution >= 4 is 61.3 Å². The average molecular weight is 534 g/mol. The number of thiocarbonyl (C=S) groups is 1. The maximum atomic E-state index is 12.5. The summed E-state index contributed by atoms with van der Waals surface area (Å²) in [5, 5.41) is 12.4. The summed E-state index contributed by atoms with van der Waals surface area (Å²) in [5.74, 6) is -0.315. The summed E-state index contributed by atoms with van der Waals surface area (Å²) in [6.07, 6.45) is 4.13. The van der Waals surface area contributed by atoms with E-state index in [-0.39, 0.29) is 5.97 Å². The molecule has 32 heavy (non-hydrogen) atoms. The molecule has 1 aliphatic rings. The molecule has 0 aliphatic heterocycles. The predicted molar refractivity (Wildman–Crippen MR) is 137 cm³/mol. The van der Waals surface area contributed by atoms with E-state index in [1.165, 1.54) is 12.0 Å². The minimum atomic E-state index is -0.315. The molecule has 2 heterocycles. The molecule has 0 fully saturated rings. The van der Waals surface area contributed by atoms with Gasteiger partial charge < -0.3 is 15.4 Å². The fraction of sp³-hybridized carbons (Fsp3) is 0.348. The van der Waals surface area contributed by atoms with Crippen molar-refractivity contribution in [3.05, 3.63) is 61.7 Å². The van der Waals surface area contributed by atoms with Gasteiger partial charge in [0.2, 0.25) is 0 Å². The van der Waals surface area contributed by atoms with E-state index in [0.29, 0.717) is 17.2 Å². The van der Waals surface area contributed by atoms with Gasteiger partial charge in [0.1, 0.15) is 5.00 Å². The van der Waals surface area contributed by atoms with Gasteiger partial charge in [-0.3, -0.25) is 4.68 Å². The topological polar surface area (TPSA) is 68.2 Å². The number of halogens is 1. The van der Waals surface area contributed by atoms with Crippen LogP contribution in [-0.4, -0.2) is 28.0 Å². The highest BCUT2D eigenvalue weighted by Gasteiger charge is 2.26. The van der Waals surface area contributed by atoms with Gasteiger partial charge in [0, 0.05) is 9.35 Å². The first kappa shape index (κ1) is 22.9. The maximum Gasteiger partial charge on any atom is 0.341 e. The van der Waals surface area contributed by atoms with Crippen LogP contribution < -0.4 is 10.6 Å². The Morgan fingerprint density at radius 3 is 2.66 bits per heavy atom. The van der Waals surface area contributed by atoms with Crippen LogP contribution in [0.5, 0.6) is 0 Å². The Morgan fingerprint density at radius 2 is 1.94 bits per heavy atom. The molecule has 0 atom stereocenters. The van der Waals surface area contributed by atoms with Gasteiger partial charge in [-0.2, -0.15) is 5.10 Å². The van der Waals surface area contributed by atoms with Crippen molar-refractivity contribution in [3.8, 4) is 0 Å². The van der Waals surface area contributed by atoms with E-state index in [0.717, 1.165) is 63.4 Å². The Balaban J connectivity index is 1.53. The number of nitrogens with zero attached hydrogens (tertiary/aromatic N) is 2. The van der Waals surface area contributed by atoms with Gasteiger partial charge in [0.05, 0.1) is 36.3 Å². The third-order valence-corrected chi connectivity index (χ3v) is 7.59. The van der Waals surface area contributed by atoms with Crippen LogP contribution in [-0.2, 0) is 24.1 Å². The molecule has 0 amide bonds. The molecule has 0 radical (unpaired) electrons. The highest BCUT2D eigenvalue weighted by Crippen LogP contribution is 2.38. The number of methoxy groups -OCH3 is 1. The van der Waals surface area contributed by atoms with Gasteiger partial charge in [-0.1, -0.05) is 28.1 Å². The Kier molecular flexibility index (Phi) is 6.97. The molecule has 0 saturated heterocycles. The number of rotatable bonds is 5. The van der Waals surface area contributed by atoms with Crippen molar-refractivity contribution < 1.29 is 9.53 Å². The minimum absolute atomic E-state index is 0.315. The molecule has 0 unspecified atom stereocenters. The minimum Gasteiger partial charge on any atom is -0.465 e. The third-order valence-electron chi connectivity index (χ3n) is 5.65. The number of fused-ring (bicyclic) bond motifs is 1. The second-order valence-corrected chi connectivity index (χ2v) is 10.2. The fourth-order valence-electron chi connectivity index (χ4n) is 4.01. The summed E-state index contributed by atoms with van der Waals surface area (Å²) in [6.45, 7) is 4.65. The van der Waals surface area contributed by atoms with Crippen molar-refractivity contribution in [2.24, 2.45) is 0 Å². The van der Waals surface area contributed by atoms with E-state index in [1.807, 2.05) is 30.7 Å². The van der Waals surface area contributed by atoms with E-state index in [9.17, 15) is 4.79 Å². The number of anilines is 2. The van der Waals surface area contributed by atoms with E-state index in [2.05, 4.69) is 43.8 Å². The predicted octanol–water partition coefficient (Wildman–Crippen LogP) is 5.85. The van der Waals surface area contributed by atoms with Crippen molar-refractivity contribution in [2.75, 3.05) is 17.7 Å².